The van der Waals surface area contributed by atoms with Crippen LogP contribution in [0, 0.1) is 0 Å². The molecule has 12 heteroatoms. The van der Waals surface area contributed by atoms with Gasteiger partial charge in [-0.25, -0.2) is 13.1 Å². The van der Waals surface area contributed by atoms with Crippen LogP contribution in [0.3, 0.4) is 0 Å². The lowest BCUT2D eigenvalue weighted by molar-refractivity contribution is 0.0754. The van der Waals surface area contributed by atoms with Crippen LogP contribution in [-0.2, 0) is 16.6 Å². The Labute approximate surface area is 181 Å². The smallest absolute Gasteiger partial charge is 0.311 e. The average molecular weight is 463 g/mol. The molecule has 0 spiro atoms. The highest BCUT2D eigenvalue weighted by atomic mass is 32.2. The van der Waals surface area contributed by atoms with Crippen LogP contribution in [0.15, 0.2) is 38.3 Å². The number of hydrogen-bond acceptors (Lipinski definition) is 9. The summed E-state index contributed by atoms with van der Waals surface area (Å²) in [5.41, 5.74) is 1.19. The van der Waals surface area contributed by atoms with Gasteiger partial charge in [0, 0.05) is 25.0 Å². The van der Waals surface area contributed by atoms with E-state index in [0.29, 0.717) is 30.2 Å². The van der Waals surface area contributed by atoms with Gasteiger partial charge in [0.25, 0.3) is 0 Å². The van der Waals surface area contributed by atoms with Gasteiger partial charge in [-0.15, -0.1) is 21.5 Å². The Morgan fingerprint density at radius 1 is 1.13 bits per heavy atom. The number of aromatic nitrogens is 2. The number of ether oxygens (including phenoxy) is 2. The van der Waals surface area contributed by atoms with Crippen LogP contribution in [-0.4, -0.2) is 49.3 Å². The van der Waals surface area contributed by atoms with Gasteiger partial charge in [0.1, 0.15) is 4.21 Å². The largest absolute Gasteiger partial charge is 0.454 e. The lowest BCUT2D eigenvalue weighted by atomic mass is 10.2. The summed E-state index contributed by atoms with van der Waals surface area (Å²) in [5, 5.41) is 9.33. The Bertz CT molecular complexity index is 1230. The van der Waals surface area contributed by atoms with E-state index in [9.17, 15) is 13.2 Å². The molecule has 1 fully saturated rings. The Kier molecular flexibility index (Phi) is 5.12. The van der Waals surface area contributed by atoms with E-state index in [1.165, 1.54) is 6.07 Å². The van der Waals surface area contributed by atoms with E-state index in [0.717, 1.165) is 29.7 Å². The van der Waals surface area contributed by atoms with E-state index in [-0.39, 0.29) is 35.2 Å². The maximum atomic E-state index is 12.7. The number of likely N-dealkylation sites (tertiary alicyclic amines) is 1. The maximum Gasteiger partial charge on any atom is 0.311 e. The Morgan fingerprint density at radius 2 is 1.94 bits per heavy atom. The number of benzene rings is 1. The maximum absolute atomic E-state index is 12.7. The molecule has 1 aromatic carbocycles. The number of carbonyl (C=O) groups is 1. The number of hydrogen-bond donors (Lipinski definition) is 1. The van der Waals surface area contributed by atoms with Crippen LogP contribution >= 0.6 is 11.3 Å². The molecule has 0 bridgehead atoms. The number of nitrogens with one attached hydrogen (secondary N) is 1. The number of nitrogens with zero attached hydrogens (tertiary/aromatic N) is 3. The SMILES string of the molecule is O=C(c1nnc(-c2csc(S(=O)(=O)NCc3ccc4c(c3)OCO4)c2)o1)N1CCCC1. The van der Waals surface area contributed by atoms with Gasteiger partial charge >= 0.3 is 11.8 Å². The topological polar surface area (TPSA) is 124 Å². The van der Waals surface area contributed by atoms with Gasteiger partial charge in [0.2, 0.25) is 22.7 Å². The minimum atomic E-state index is -3.75. The molecule has 1 saturated heterocycles. The molecular weight excluding hydrogens is 444 g/mol. The molecule has 0 atom stereocenters. The Balaban J connectivity index is 1.28. The van der Waals surface area contributed by atoms with Crippen LogP contribution < -0.4 is 14.2 Å². The van der Waals surface area contributed by atoms with Crippen LogP contribution in [0.1, 0.15) is 29.1 Å². The average Bonchev–Trinajstić information content (AvgIpc) is 3.57. The number of rotatable bonds is 6. The number of fused-ring (bicyclic) bond motifs is 1. The number of thiophene rings is 1. The van der Waals surface area contributed by atoms with Crippen LogP contribution in [0.4, 0.5) is 0 Å². The summed E-state index contributed by atoms with van der Waals surface area (Å²) >= 11 is 1.03. The fraction of sp³-hybridized carbons (Fsp3) is 0.316. The summed E-state index contributed by atoms with van der Waals surface area (Å²) < 4.78 is 44.1. The molecule has 162 valence electrons. The number of amides is 1. The van der Waals surface area contributed by atoms with E-state index in [1.807, 2.05) is 0 Å². The van der Waals surface area contributed by atoms with Gasteiger partial charge in [-0.05, 0) is 36.6 Å². The van der Waals surface area contributed by atoms with Crippen molar-refractivity contribution in [2.24, 2.45) is 0 Å². The minimum Gasteiger partial charge on any atom is -0.454 e. The molecule has 5 rings (SSSR count). The molecule has 0 radical (unpaired) electrons. The summed E-state index contributed by atoms with van der Waals surface area (Å²) in [6, 6.07) is 6.70. The molecule has 0 unspecified atom stereocenters. The van der Waals surface area contributed by atoms with Gasteiger partial charge in [-0.3, -0.25) is 4.79 Å². The summed E-state index contributed by atoms with van der Waals surface area (Å²) in [5.74, 6) is 0.941. The van der Waals surface area contributed by atoms with Gasteiger partial charge in [0.05, 0.1) is 5.56 Å². The fourth-order valence-electron chi connectivity index (χ4n) is 3.35. The molecule has 2 aliphatic rings. The third-order valence-corrected chi connectivity index (χ3v) is 7.83. The van der Waals surface area contributed by atoms with E-state index >= 15 is 0 Å². The predicted octanol–water partition coefficient (Wildman–Crippen LogP) is 2.24. The first-order valence-corrected chi connectivity index (χ1v) is 12.0. The van der Waals surface area contributed by atoms with Crippen molar-refractivity contribution >= 4 is 27.3 Å². The molecule has 2 aromatic heterocycles. The van der Waals surface area contributed by atoms with Gasteiger partial charge in [-0.1, -0.05) is 6.07 Å². The zero-order chi connectivity index (χ0) is 21.4. The van der Waals surface area contributed by atoms with E-state index in [2.05, 4.69) is 14.9 Å². The zero-order valence-corrected chi connectivity index (χ0v) is 17.9. The first-order chi connectivity index (χ1) is 15.0. The molecule has 2 aliphatic heterocycles. The molecule has 1 N–H and O–H groups in total. The second kappa shape index (κ2) is 7.94. The van der Waals surface area contributed by atoms with E-state index in [1.54, 1.807) is 28.5 Å². The van der Waals surface area contributed by atoms with E-state index in [4.69, 9.17) is 13.9 Å². The summed E-state index contributed by atoms with van der Waals surface area (Å²) in [4.78, 5) is 14.0. The summed E-state index contributed by atoms with van der Waals surface area (Å²) in [6.07, 6.45) is 1.91. The van der Waals surface area contributed by atoms with Gasteiger partial charge in [0.15, 0.2) is 11.5 Å². The standard InChI is InChI=1S/C19H18N4O6S2/c24-19(23-5-1-2-6-23)18-22-21-17(29-18)13-8-16(30-10-13)31(25,26)20-9-12-3-4-14-15(7-12)28-11-27-14/h3-4,7-8,10,20H,1-2,5-6,9,11H2. The zero-order valence-electron chi connectivity index (χ0n) is 16.2. The molecule has 31 heavy (non-hydrogen) atoms. The highest BCUT2D eigenvalue weighted by Crippen LogP contribution is 2.33. The lowest BCUT2D eigenvalue weighted by Gasteiger charge is -2.11. The summed E-state index contributed by atoms with van der Waals surface area (Å²) in [6.45, 7) is 1.60. The first kappa shape index (κ1) is 20.0. The van der Waals surface area contributed by atoms with Crippen molar-refractivity contribution in [3.63, 3.8) is 0 Å². The normalized spacial score (nSPS) is 15.5. The third kappa shape index (κ3) is 4.01. The predicted molar refractivity (Wildman–Crippen MR) is 109 cm³/mol. The Morgan fingerprint density at radius 3 is 2.77 bits per heavy atom. The van der Waals surface area contributed by atoms with Crippen LogP contribution in [0.25, 0.3) is 11.5 Å². The number of sulfonamides is 1. The van der Waals surface area contributed by atoms with Gasteiger partial charge < -0.3 is 18.8 Å². The van der Waals surface area contributed by atoms with Crippen molar-refractivity contribution in [3.8, 4) is 23.0 Å². The van der Waals surface area contributed by atoms with Crippen molar-refractivity contribution in [1.82, 2.24) is 19.8 Å². The molecule has 0 saturated carbocycles. The summed E-state index contributed by atoms with van der Waals surface area (Å²) in [7, 11) is -3.75. The second-order valence-electron chi connectivity index (χ2n) is 7.08. The third-order valence-electron chi connectivity index (χ3n) is 4.99. The quantitative estimate of drug-likeness (QED) is 0.592. The number of carbonyl (C=O) groups excluding carboxylic acids is 1. The molecule has 0 aliphatic carbocycles. The highest BCUT2D eigenvalue weighted by molar-refractivity contribution is 7.91. The minimum absolute atomic E-state index is 0.0894. The van der Waals surface area contributed by atoms with Crippen LogP contribution in [0.5, 0.6) is 11.5 Å². The Hall–Kier alpha value is -2.96. The van der Waals surface area contributed by atoms with Crippen molar-refractivity contribution in [2.75, 3.05) is 19.9 Å². The highest BCUT2D eigenvalue weighted by Gasteiger charge is 2.26. The van der Waals surface area contributed by atoms with E-state index < -0.39 is 10.0 Å². The van der Waals surface area contributed by atoms with Crippen molar-refractivity contribution in [3.05, 3.63) is 41.1 Å². The first-order valence-electron chi connectivity index (χ1n) is 9.59. The monoisotopic (exact) mass is 462 g/mol. The van der Waals surface area contributed by atoms with Gasteiger partial charge in [-0.2, -0.15) is 0 Å². The second-order valence-corrected chi connectivity index (χ2v) is 9.98. The lowest BCUT2D eigenvalue weighted by Crippen LogP contribution is -2.27. The molecule has 10 nitrogen and oxygen atoms in total. The molecular formula is C19H18N4O6S2. The fourth-order valence-corrected chi connectivity index (χ4v) is 5.57. The van der Waals surface area contributed by atoms with Crippen molar-refractivity contribution in [2.45, 2.75) is 23.6 Å². The molecule has 4 heterocycles. The molecule has 1 amide bonds. The molecule has 3 aromatic rings. The van der Waals surface area contributed by atoms with Crippen LogP contribution in [0.2, 0.25) is 0 Å². The van der Waals surface area contributed by atoms with Crippen molar-refractivity contribution in [1.29, 1.82) is 0 Å². The van der Waals surface area contributed by atoms with Crippen molar-refractivity contribution < 1.29 is 27.1 Å².